The summed E-state index contributed by atoms with van der Waals surface area (Å²) in [6.45, 7) is 10.6. The highest BCUT2D eigenvalue weighted by Gasteiger charge is 2.23. The average molecular weight is 583 g/mol. The van der Waals surface area contributed by atoms with Gasteiger partial charge in [-0.05, 0) is 92.3 Å². The number of fused-ring (bicyclic) bond motifs is 1. The Morgan fingerprint density at radius 2 is 1.63 bits per heavy atom. The molecule has 0 saturated heterocycles. The van der Waals surface area contributed by atoms with Crippen LogP contribution in [0.15, 0.2) is 79.1 Å². The molecule has 0 saturated carbocycles. The van der Waals surface area contributed by atoms with Crippen LogP contribution in [-0.2, 0) is 17.9 Å². The molecule has 1 unspecified atom stereocenters. The number of aromatic amines is 1. The zero-order chi connectivity index (χ0) is 30.4. The molecule has 0 aliphatic carbocycles. The first-order chi connectivity index (χ1) is 21.0. The number of benzene rings is 3. The van der Waals surface area contributed by atoms with Crippen LogP contribution in [0.5, 0.6) is 0 Å². The lowest BCUT2D eigenvalue weighted by molar-refractivity contribution is -0.123. The predicted octanol–water partition coefficient (Wildman–Crippen LogP) is 5.73. The van der Waals surface area contributed by atoms with Crippen LogP contribution in [0.1, 0.15) is 79.8 Å². The first-order valence-corrected chi connectivity index (χ1v) is 15.6. The van der Waals surface area contributed by atoms with E-state index in [9.17, 15) is 9.59 Å². The minimum Gasteiger partial charge on any atom is -0.348 e. The molecule has 228 valence electrons. The van der Waals surface area contributed by atoms with Crippen molar-refractivity contribution >= 4 is 22.6 Å². The molecule has 1 heterocycles. The predicted molar refractivity (Wildman–Crippen MR) is 174 cm³/mol. The number of rotatable bonds is 17. The summed E-state index contributed by atoms with van der Waals surface area (Å²) in [7, 11) is 0. The van der Waals surface area contributed by atoms with Crippen LogP contribution in [0.3, 0.4) is 0 Å². The minimum absolute atomic E-state index is 0.162. The van der Waals surface area contributed by atoms with Crippen molar-refractivity contribution in [1.82, 2.24) is 30.8 Å². The molecular weight excluding hydrogens is 536 g/mol. The van der Waals surface area contributed by atoms with Crippen molar-refractivity contribution < 1.29 is 9.59 Å². The van der Waals surface area contributed by atoms with Gasteiger partial charge in [-0.2, -0.15) is 0 Å². The number of imidazole rings is 1. The highest BCUT2D eigenvalue weighted by atomic mass is 16.2. The zero-order valence-electron chi connectivity index (χ0n) is 25.7. The van der Waals surface area contributed by atoms with Crippen molar-refractivity contribution in [1.29, 1.82) is 0 Å². The second-order valence-electron chi connectivity index (χ2n) is 11.2. The molecule has 2 amide bonds. The van der Waals surface area contributed by atoms with Gasteiger partial charge in [-0.1, -0.05) is 62.4 Å². The number of carbonyl (C=O) groups is 2. The van der Waals surface area contributed by atoms with Gasteiger partial charge in [-0.25, -0.2) is 4.98 Å². The van der Waals surface area contributed by atoms with Crippen molar-refractivity contribution in [3.63, 3.8) is 0 Å². The van der Waals surface area contributed by atoms with Crippen LogP contribution in [0.2, 0.25) is 0 Å². The van der Waals surface area contributed by atoms with E-state index in [1.165, 1.54) is 0 Å². The van der Waals surface area contributed by atoms with Crippen molar-refractivity contribution in [2.45, 2.75) is 71.6 Å². The third-order valence-electron chi connectivity index (χ3n) is 7.69. The topological polar surface area (TPSA) is 102 Å². The SMILES string of the molecule is CCCN(CCC)CCC[C@H](NC(=O)c1ccc(CNCc2ncc[nH]2)cc1)C(=O)NC(C)c1ccc2ccccc2c1. The molecule has 4 N–H and O–H groups in total. The molecule has 0 aliphatic rings. The van der Waals surface area contributed by atoms with Gasteiger partial charge in [-0.15, -0.1) is 0 Å². The molecule has 2 atom stereocenters. The van der Waals surface area contributed by atoms with E-state index in [-0.39, 0.29) is 17.9 Å². The van der Waals surface area contributed by atoms with Gasteiger partial charge in [0.1, 0.15) is 11.9 Å². The van der Waals surface area contributed by atoms with E-state index in [1.807, 2.05) is 43.3 Å². The van der Waals surface area contributed by atoms with Crippen LogP contribution in [-0.4, -0.2) is 52.4 Å². The number of carbonyl (C=O) groups excluding carboxylic acids is 2. The third-order valence-corrected chi connectivity index (χ3v) is 7.69. The normalized spacial score (nSPS) is 12.7. The Balaban J connectivity index is 1.39. The first kappa shape index (κ1) is 31.9. The number of hydrogen-bond donors (Lipinski definition) is 4. The monoisotopic (exact) mass is 582 g/mol. The van der Waals surface area contributed by atoms with E-state index >= 15 is 0 Å². The second kappa shape index (κ2) is 16.6. The summed E-state index contributed by atoms with van der Waals surface area (Å²) in [4.78, 5) is 36.6. The van der Waals surface area contributed by atoms with Crippen molar-refractivity contribution in [3.8, 4) is 0 Å². The number of aromatic nitrogens is 2. The Morgan fingerprint density at radius 1 is 0.884 bits per heavy atom. The highest BCUT2D eigenvalue weighted by Crippen LogP contribution is 2.20. The van der Waals surface area contributed by atoms with Crippen LogP contribution in [0.25, 0.3) is 10.8 Å². The summed E-state index contributed by atoms with van der Waals surface area (Å²) in [5.74, 6) is 0.473. The van der Waals surface area contributed by atoms with Crippen molar-refractivity contribution in [2.24, 2.45) is 0 Å². The number of amides is 2. The van der Waals surface area contributed by atoms with Gasteiger partial charge < -0.3 is 25.8 Å². The van der Waals surface area contributed by atoms with Gasteiger partial charge >= 0.3 is 0 Å². The fraction of sp³-hybridized carbons (Fsp3) is 0.400. The number of hydrogen-bond acceptors (Lipinski definition) is 5. The van der Waals surface area contributed by atoms with E-state index in [2.05, 4.69) is 75.0 Å². The molecule has 43 heavy (non-hydrogen) atoms. The summed E-state index contributed by atoms with van der Waals surface area (Å²) < 4.78 is 0. The lowest BCUT2D eigenvalue weighted by atomic mass is 10.0. The fourth-order valence-electron chi connectivity index (χ4n) is 5.37. The lowest BCUT2D eigenvalue weighted by Gasteiger charge is -2.24. The molecule has 1 aromatic heterocycles. The van der Waals surface area contributed by atoms with E-state index in [0.29, 0.717) is 25.1 Å². The maximum atomic E-state index is 13.6. The summed E-state index contributed by atoms with van der Waals surface area (Å²) in [5.41, 5.74) is 2.63. The Kier molecular flexibility index (Phi) is 12.3. The largest absolute Gasteiger partial charge is 0.348 e. The van der Waals surface area contributed by atoms with Gasteiger partial charge in [0.2, 0.25) is 5.91 Å². The first-order valence-electron chi connectivity index (χ1n) is 15.6. The molecule has 4 rings (SSSR count). The molecule has 0 radical (unpaired) electrons. The Labute approximate surface area is 255 Å². The van der Waals surface area contributed by atoms with E-state index < -0.39 is 6.04 Å². The van der Waals surface area contributed by atoms with Gasteiger partial charge in [0.15, 0.2) is 0 Å². The summed E-state index contributed by atoms with van der Waals surface area (Å²) in [5, 5.41) is 11.8. The summed E-state index contributed by atoms with van der Waals surface area (Å²) >= 11 is 0. The quantitative estimate of drug-likeness (QED) is 0.127. The Morgan fingerprint density at radius 3 is 2.33 bits per heavy atom. The van der Waals surface area contributed by atoms with E-state index in [1.54, 1.807) is 12.4 Å². The minimum atomic E-state index is -0.629. The van der Waals surface area contributed by atoms with Crippen LogP contribution >= 0.6 is 0 Å². The molecule has 0 bridgehead atoms. The Hall–Kier alpha value is -4.01. The molecular formula is C35H46N6O2. The fourth-order valence-corrected chi connectivity index (χ4v) is 5.37. The molecule has 0 spiro atoms. The van der Waals surface area contributed by atoms with Gasteiger partial charge in [0.05, 0.1) is 12.6 Å². The van der Waals surface area contributed by atoms with Crippen LogP contribution in [0.4, 0.5) is 0 Å². The van der Waals surface area contributed by atoms with Crippen molar-refractivity contribution in [3.05, 3.63) is 102 Å². The number of nitrogens with zero attached hydrogens (tertiary/aromatic N) is 2. The zero-order valence-corrected chi connectivity index (χ0v) is 25.7. The highest BCUT2D eigenvalue weighted by molar-refractivity contribution is 5.97. The van der Waals surface area contributed by atoms with Crippen LogP contribution in [0, 0.1) is 0 Å². The molecule has 0 fully saturated rings. The lowest BCUT2D eigenvalue weighted by Crippen LogP contribution is -2.47. The third kappa shape index (κ3) is 9.76. The molecule has 8 nitrogen and oxygen atoms in total. The standard InChI is InChI=1S/C35H46N6O2/c1-4-20-41(21-5-2)22-8-11-32(35(43)39-26(3)30-17-16-28-9-6-7-10-31(28)23-30)40-34(42)29-14-12-27(13-15-29)24-36-25-33-37-18-19-38-33/h6-7,9-10,12-19,23,26,32,36H,4-5,8,11,20-22,24-25H2,1-3H3,(H,37,38)(H,39,43)(H,40,42)/t26?,32-/m0/s1. The average Bonchev–Trinajstić information content (AvgIpc) is 3.54. The van der Waals surface area contributed by atoms with Gasteiger partial charge in [-0.3, -0.25) is 9.59 Å². The van der Waals surface area contributed by atoms with E-state index in [4.69, 9.17) is 0 Å². The molecule has 3 aromatic carbocycles. The maximum Gasteiger partial charge on any atom is 0.251 e. The van der Waals surface area contributed by atoms with Gasteiger partial charge in [0.25, 0.3) is 5.91 Å². The summed E-state index contributed by atoms with van der Waals surface area (Å²) in [6.07, 6.45) is 7.11. The number of H-pyrrole nitrogens is 1. The smallest absolute Gasteiger partial charge is 0.251 e. The Bertz CT molecular complexity index is 1410. The number of nitrogens with one attached hydrogen (secondary N) is 4. The van der Waals surface area contributed by atoms with E-state index in [0.717, 1.165) is 66.6 Å². The molecule has 0 aliphatic heterocycles. The van der Waals surface area contributed by atoms with Crippen LogP contribution < -0.4 is 16.0 Å². The molecule has 8 heteroatoms. The second-order valence-corrected chi connectivity index (χ2v) is 11.2. The van der Waals surface area contributed by atoms with Gasteiger partial charge in [0, 0.05) is 24.5 Å². The maximum absolute atomic E-state index is 13.6. The van der Waals surface area contributed by atoms with Crippen molar-refractivity contribution in [2.75, 3.05) is 19.6 Å². The summed E-state index contributed by atoms with van der Waals surface area (Å²) in [6, 6.07) is 21.1. The molecule has 4 aromatic rings.